The highest BCUT2D eigenvalue weighted by Gasteiger charge is 2.32. The molecule has 47 heavy (non-hydrogen) atoms. The van der Waals surface area contributed by atoms with Gasteiger partial charge in [-0.3, -0.25) is 0 Å². The third-order valence-corrected chi connectivity index (χ3v) is 10.1. The summed E-state index contributed by atoms with van der Waals surface area (Å²) in [5, 5.41) is 5.40. The third kappa shape index (κ3) is 8.41. The Morgan fingerprint density at radius 2 is 1.70 bits per heavy atom. The molecule has 252 valence electrons. The number of methoxy groups -OCH3 is 3. The zero-order valence-corrected chi connectivity index (χ0v) is 29.1. The first-order valence-corrected chi connectivity index (χ1v) is 16.8. The van der Waals surface area contributed by atoms with Crippen molar-refractivity contribution in [3.8, 4) is 17.2 Å². The predicted octanol–water partition coefficient (Wildman–Crippen LogP) is 6.55. The van der Waals surface area contributed by atoms with Gasteiger partial charge >= 0.3 is 6.09 Å². The Balaban J connectivity index is 1.69. The molecule has 0 aliphatic carbocycles. The lowest BCUT2D eigenvalue weighted by Gasteiger charge is -2.25. The number of sulfonamides is 1. The van der Waals surface area contributed by atoms with Crippen molar-refractivity contribution in [3.63, 3.8) is 0 Å². The molecule has 0 radical (unpaired) electrons. The number of benzene rings is 3. The summed E-state index contributed by atoms with van der Waals surface area (Å²) in [5.74, 6) is 0.334. The maximum atomic E-state index is 15.9. The molecule has 1 heterocycles. The SMILES string of the molecule is CNC(=O)OCCN(C)c1cc(OC)ccc1Nc1cc(F)c(S(=O)(=O)N(Cc2ccc(OC)cc2OC)c2ncc(Cl)s2)cc1Cl. The number of likely N-dealkylation sites (N-methyl/N-ethyl adjacent to an activating group) is 1. The number of halogens is 3. The van der Waals surface area contributed by atoms with E-state index in [1.54, 1.807) is 48.3 Å². The Kier molecular flexibility index (Phi) is 11.8. The molecule has 0 saturated heterocycles. The summed E-state index contributed by atoms with van der Waals surface area (Å²) in [7, 11) is 3.07. The number of hydrogen-bond donors (Lipinski definition) is 2. The molecule has 1 amide bonds. The maximum absolute atomic E-state index is 15.9. The van der Waals surface area contributed by atoms with Crippen LogP contribution < -0.4 is 34.0 Å². The van der Waals surface area contributed by atoms with Crippen molar-refractivity contribution in [2.45, 2.75) is 11.4 Å². The van der Waals surface area contributed by atoms with Crippen LogP contribution in [0.25, 0.3) is 0 Å². The minimum absolute atomic E-state index is 0.0110. The molecular weight excluding hydrogens is 696 g/mol. The number of rotatable bonds is 14. The second-order valence-corrected chi connectivity index (χ2v) is 13.6. The second-order valence-electron chi connectivity index (χ2n) is 9.71. The van der Waals surface area contributed by atoms with Crippen LogP contribution in [0.1, 0.15) is 5.56 Å². The molecule has 1 aromatic heterocycles. The number of ether oxygens (including phenoxy) is 4. The highest BCUT2D eigenvalue weighted by molar-refractivity contribution is 7.93. The van der Waals surface area contributed by atoms with Crippen LogP contribution >= 0.6 is 34.5 Å². The molecular formula is C30H32Cl2FN5O7S2. The standard InChI is InChI=1S/C30H32Cl2FN5O7S2/c1-34-30(39)45-11-10-37(2)25-12-19(42-3)8-9-23(25)36-24-15-22(33)27(14-21(24)31)47(40,41)38(29-35-16-28(32)46-29)17-18-6-7-20(43-4)13-26(18)44-5/h6-9,12-16,36H,10-11,17H2,1-5H3,(H,34,39). The Morgan fingerprint density at radius 1 is 1.00 bits per heavy atom. The van der Waals surface area contributed by atoms with E-state index in [1.165, 1.54) is 34.6 Å². The van der Waals surface area contributed by atoms with Gasteiger partial charge in [0.1, 0.15) is 38.9 Å². The molecule has 0 spiro atoms. The summed E-state index contributed by atoms with van der Waals surface area (Å²) >= 11 is 13.6. The second kappa shape index (κ2) is 15.6. The molecule has 12 nitrogen and oxygen atoms in total. The Morgan fingerprint density at radius 3 is 2.34 bits per heavy atom. The number of alkyl carbamates (subject to hydrolysis) is 1. The molecule has 0 saturated carbocycles. The van der Waals surface area contributed by atoms with Crippen molar-refractivity contribution >= 4 is 72.8 Å². The Labute approximate surface area is 286 Å². The summed E-state index contributed by atoms with van der Waals surface area (Å²) in [6.45, 7) is 0.129. The van der Waals surface area contributed by atoms with E-state index in [-0.39, 0.29) is 33.3 Å². The van der Waals surface area contributed by atoms with E-state index in [0.29, 0.717) is 40.7 Å². The number of nitrogens with zero attached hydrogens (tertiary/aromatic N) is 3. The molecule has 0 aliphatic rings. The smallest absolute Gasteiger partial charge is 0.406 e. The van der Waals surface area contributed by atoms with E-state index >= 15 is 4.39 Å². The minimum Gasteiger partial charge on any atom is -0.497 e. The fraction of sp³-hybridized carbons (Fsp3) is 0.267. The van der Waals surface area contributed by atoms with E-state index in [4.69, 9.17) is 42.1 Å². The highest BCUT2D eigenvalue weighted by Crippen LogP contribution is 2.39. The van der Waals surface area contributed by atoms with Gasteiger partial charge in [0, 0.05) is 37.9 Å². The van der Waals surface area contributed by atoms with E-state index in [2.05, 4.69) is 15.6 Å². The monoisotopic (exact) mass is 727 g/mol. The van der Waals surface area contributed by atoms with Crippen molar-refractivity contribution in [2.75, 3.05) is 63.1 Å². The molecule has 0 atom stereocenters. The van der Waals surface area contributed by atoms with Crippen LogP contribution in [0.15, 0.2) is 59.6 Å². The lowest BCUT2D eigenvalue weighted by Crippen LogP contribution is -2.31. The van der Waals surface area contributed by atoms with E-state index in [9.17, 15) is 13.2 Å². The number of amides is 1. The van der Waals surface area contributed by atoms with Crippen LogP contribution in [-0.2, 0) is 21.3 Å². The number of anilines is 4. The van der Waals surface area contributed by atoms with Crippen LogP contribution in [0.4, 0.5) is 31.4 Å². The predicted molar refractivity (Wildman–Crippen MR) is 181 cm³/mol. The Bertz CT molecular complexity index is 1850. The summed E-state index contributed by atoms with van der Waals surface area (Å²) < 4.78 is 66.4. The fourth-order valence-corrected chi connectivity index (χ4v) is 7.23. The van der Waals surface area contributed by atoms with Gasteiger partial charge in [-0.25, -0.2) is 26.9 Å². The van der Waals surface area contributed by atoms with Gasteiger partial charge in [0.2, 0.25) is 5.13 Å². The normalized spacial score (nSPS) is 11.1. The number of nitrogens with one attached hydrogen (secondary N) is 2. The van der Waals surface area contributed by atoms with Crippen molar-refractivity contribution in [1.82, 2.24) is 10.3 Å². The van der Waals surface area contributed by atoms with Gasteiger partial charge < -0.3 is 34.5 Å². The summed E-state index contributed by atoms with van der Waals surface area (Å²) in [5.41, 5.74) is 1.67. The van der Waals surface area contributed by atoms with Crippen molar-refractivity contribution in [1.29, 1.82) is 0 Å². The van der Waals surface area contributed by atoms with Crippen LogP contribution in [0.2, 0.25) is 9.36 Å². The average Bonchev–Trinajstić information content (AvgIpc) is 3.50. The largest absolute Gasteiger partial charge is 0.497 e. The summed E-state index contributed by atoms with van der Waals surface area (Å²) in [6, 6.07) is 12.0. The van der Waals surface area contributed by atoms with Gasteiger partial charge in [-0.1, -0.05) is 34.5 Å². The molecule has 0 bridgehead atoms. The van der Waals surface area contributed by atoms with Crippen LogP contribution in [-0.4, -0.2) is 68.1 Å². The van der Waals surface area contributed by atoms with Gasteiger partial charge in [-0.05, 0) is 30.3 Å². The zero-order valence-electron chi connectivity index (χ0n) is 26.0. The first-order valence-electron chi connectivity index (χ1n) is 13.8. The van der Waals surface area contributed by atoms with Gasteiger partial charge in [0.15, 0.2) is 0 Å². The number of thiazole rings is 1. The number of hydrogen-bond acceptors (Lipinski definition) is 11. The number of carbonyl (C=O) groups excluding carboxylic acids is 1. The first-order chi connectivity index (χ1) is 22.4. The maximum Gasteiger partial charge on any atom is 0.406 e. The topological polar surface area (TPSA) is 132 Å². The van der Waals surface area contributed by atoms with Gasteiger partial charge in [0.05, 0.1) is 62.7 Å². The quantitative estimate of drug-likeness (QED) is 0.148. The van der Waals surface area contributed by atoms with E-state index in [0.717, 1.165) is 27.8 Å². The molecule has 4 aromatic rings. The molecule has 17 heteroatoms. The molecule has 0 unspecified atom stereocenters. The third-order valence-electron chi connectivity index (χ3n) is 6.83. The van der Waals surface area contributed by atoms with E-state index < -0.39 is 26.8 Å². The van der Waals surface area contributed by atoms with Crippen LogP contribution in [0.5, 0.6) is 17.2 Å². The zero-order chi connectivity index (χ0) is 34.3. The first kappa shape index (κ1) is 35.7. The van der Waals surface area contributed by atoms with Crippen molar-refractivity contribution in [3.05, 3.63) is 75.5 Å². The highest BCUT2D eigenvalue weighted by atomic mass is 35.5. The van der Waals surface area contributed by atoms with E-state index in [1.807, 2.05) is 0 Å². The molecule has 3 aromatic carbocycles. The lowest BCUT2D eigenvalue weighted by atomic mass is 10.2. The molecule has 0 fully saturated rings. The molecule has 0 aliphatic heterocycles. The number of aromatic nitrogens is 1. The van der Waals surface area contributed by atoms with Crippen LogP contribution in [0, 0.1) is 5.82 Å². The fourth-order valence-electron chi connectivity index (χ4n) is 4.37. The molecule has 2 N–H and O–H groups in total. The summed E-state index contributed by atoms with van der Waals surface area (Å²) in [6.07, 6.45) is 0.735. The van der Waals surface area contributed by atoms with Crippen LogP contribution in [0.3, 0.4) is 0 Å². The van der Waals surface area contributed by atoms with Gasteiger partial charge in [-0.2, -0.15) is 0 Å². The van der Waals surface area contributed by atoms with Crippen molar-refractivity contribution < 1.29 is 36.6 Å². The molecule has 4 rings (SSSR count). The Hall–Kier alpha value is -4.18. The lowest BCUT2D eigenvalue weighted by molar-refractivity contribution is 0.151. The average molecular weight is 729 g/mol. The number of carbonyl (C=O) groups is 1. The minimum atomic E-state index is -4.60. The van der Waals surface area contributed by atoms with Gasteiger partial charge in [0.25, 0.3) is 10.0 Å². The summed E-state index contributed by atoms with van der Waals surface area (Å²) in [4.78, 5) is 16.7. The van der Waals surface area contributed by atoms with Crippen molar-refractivity contribution in [2.24, 2.45) is 0 Å². The van der Waals surface area contributed by atoms with Gasteiger partial charge in [-0.15, -0.1) is 0 Å².